The Morgan fingerprint density at radius 3 is 2.65 bits per heavy atom. The minimum absolute atomic E-state index is 0.0403. The van der Waals surface area contributed by atoms with E-state index in [0.29, 0.717) is 5.92 Å². The van der Waals surface area contributed by atoms with Crippen LogP contribution in [-0.2, 0) is 0 Å². The molecule has 1 amide bonds. The average molecular weight is 271 g/mol. The van der Waals surface area contributed by atoms with Crippen LogP contribution in [0.4, 0.5) is 4.39 Å². The SMILES string of the molecule is O=C(NC1CC1c1ccccc1)c1ccc(O)cc1F. The van der Waals surface area contributed by atoms with Gasteiger partial charge >= 0.3 is 0 Å². The lowest BCUT2D eigenvalue weighted by Gasteiger charge is -2.06. The quantitative estimate of drug-likeness (QED) is 0.901. The van der Waals surface area contributed by atoms with Gasteiger partial charge in [0.2, 0.25) is 0 Å². The number of hydrogen-bond acceptors (Lipinski definition) is 2. The highest BCUT2D eigenvalue weighted by Crippen LogP contribution is 2.40. The molecule has 0 radical (unpaired) electrons. The maximum Gasteiger partial charge on any atom is 0.254 e. The van der Waals surface area contributed by atoms with E-state index >= 15 is 0 Å². The average Bonchev–Trinajstić information content (AvgIpc) is 3.18. The molecule has 1 saturated carbocycles. The van der Waals surface area contributed by atoms with Crippen molar-refractivity contribution >= 4 is 5.91 Å². The van der Waals surface area contributed by atoms with Gasteiger partial charge in [0.25, 0.3) is 5.91 Å². The lowest BCUT2D eigenvalue weighted by atomic mass is 10.1. The van der Waals surface area contributed by atoms with Gasteiger partial charge in [-0.2, -0.15) is 0 Å². The van der Waals surface area contributed by atoms with Crippen LogP contribution in [0.3, 0.4) is 0 Å². The number of benzene rings is 2. The molecule has 0 bridgehead atoms. The largest absolute Gasteiger partial charge is 0.508 e. The summed E-state index contributed by atoms with van der Waals surface area (Å²) in [5.74, 6) is -1.03. The van der Waals surface area contributed by atoms with Crippen LogP contribution in [0.2, 0.25) is 0 Å². The predicted octanol–water partition coefficient (Wildman–Crippen LogP) is 2.82. The highest BCUT2D eigenvalue weighted by Gasteiger charge is 2.39. The van der Waals surface area contributed by atoms with E-state index in [9.17, 15) is 9.18 Å². The Kier molecular flexibility index (Phi) is 3.14. The number of nitrogens with one attached hydrogen (secondary N) is 1. The molecule has 3 nitrogen and oxygen atoms in total. The summed E-state index contributed by atoms with van der Waals surface area (Å²) in [5.41, 5.74) is 1.14. The summed E-state index contributed by atoms with van der Waals surface area (Å²) in [6.07, 6.45) is 0.870. The monoisotopic (exact) mass is 271 g/mol. The van der Waals surface area contributed by atoms with Gasteiger partial charge in [0.1, 0.15) is 11.6 Å². The van der Waals surface area contributed by atoms with Crippen molar-refractivity contribution in [2.75, 3.05) is 0 Å². The second-order valence-corrected chi connectivity index (χ2v) is 5.00. The smallest absolute Gasteiger partial charge is 0.254 e. The first-order chi connectivity index (χ1) is 9.65. The van der Waals surface area contributed by atoms with Gasteiger partial charge in [-0.25, -0.2) is 4.39 Å². The Morgan fingerprint density at radius 2 is 1.95 bits per heavy atom. The first-order valence-electron chi connectivity index (χ1n) is 6.49. The van der Waals surface area contributed by atoms with Gasteiger partial charge in [0.15, 0.2) is 0 Å². The maximum absolute atomic E-state index is 13.6. The molecule has 0 saturated heterocycles. The molecule has 102 valence electrons. The zero-order valence-electron chi connectivity index (χ0n) is 10.7. The topological polar surface area (TPSA) is 49.3 Å². The molecular formula is C16H14FNO2. The van der Waals surface area contributed by atoms with E-state index in [2.05, 4.69) is 5.32 Å². The Labute approximate surface area is 116 Å². The fourth-order valence-electron chi connectivity index (χ4n) is 2.36. The van der Waals surface area contributed by atoms with E-state index in [-0.39, 0.29) is 17.4 Å². The summed E-state index contributed by atoms with van der Waals surface area (Å²) in [7, 11) is 0. The lowest BCUT2D eigenvalue weighted by molar-refractivity contribution is 0.0946. The van der Waals surface area contributed by atoms with E-state index < -0.39 is 11.7 Å². The molecule has 2 aromatic carbocycles. The van der Waals surface area contributed by atoms with Crippen molar-refractivity contribution in [3.8, 4) is 5.75 Å². The Bertz CT molecular complexity index is 642. The maximum atomic E-state index is 13.6. The highest BCUT2D eigenvalue weighted by atomic mass is 19.1. The number of rotatable bonds is 3. The number of hydrogen-bond donors (Lipinski definition) is 2. The number of carbonyl (C=O) groups is 1. The predicted molar refractivity (Wildman–Crippen MR) is 73.1 cm³/mol. The van der Waals surface area contributed by atoms with Crippen LogP contribution in [0.25, 0.3) is 0 Å². The summed E-state index contributed by atoms with van der Waals surface area (Å²) in [6.45, 7) is 0. The summed E-state index contributed by atoms with van der Waals surface area (Å²) < 4.78 is 13.6. The van der Waals surface area contributed by atoms with Crippen LogP contribution in [0.15, 0.2) is 48.5 Å². The number of halogens is 1. The lowest BCUT2D eigenvalue weighted by Crippen LogP contribution is -2.27. The van der Waals surface area contributed by atoms with Crippen LogP contribution in [-0.4, -0.2) is 17.1 Å². The third kappa shape index (κ3) is 2.50. The molecule has 1 aliphatic rings. The van der Waals surface area contributed by atoms with Crippen molar-refractivity contribution in [3.05, 3.63) is 65.5 Å². The summed E-state index contributed by atoms with van der Waals surface area (Å²) in [4.78, 5) is 12.0. The van der Waals surface area contributed by atoms with Gasteiger partial charge in [0.05, 0.1) is 5.56 Å². The number of amides is 1. The second kappa shape index (κ2) is 4.96. The molecule has 0 aliphatic heterocycles. The molecule has 2 atom stereocenters. The first kappa shape index (κ1) is 12.7. The summed E-state index contributed by atoms with van der Waals surface area (Å²) >= 11 is 0. The minimum Gasteiger partial charge on any atom is -0.508 e. The molecule has 1 aliphatic carbocycles. The van der Waals surface area contributed by atoms with E-state index in [1.807, 2.05) is 30.3 Å². The van der Waals surface area contributed by atoms with Crippen molar-refractivity contribution < 1.29 is 14.3 Å². The number of aromatic hydroxyl groups is 1. The molecule has 2 N–H and O–H groups in total. The van der Waals surface area contributed by atoms with Gasteiger partial charge in [-0.15, -0.1) is 0 Å². The zero-order valence-corrected chi connectivity index (χ0v) is 10.7. The molecule has 0 spiro atoms. The Hall–Kier alpha value is -2.36. The van der Waals surface area contributed by atoms with E-state index in [1.165, 1.54) is 17.7 Å². The van der Waals surface area contributed by atoms with E-state index in [4.69, 9.17) is 5.11 Å². The van der Waals surface area contributed by atoms with Crippen LogP contribution in [0.1, 0.15) is 28.3 Å². The molecule has 4 heteroatoms. The van der Waals surface area contributed by atoms with Gasteiger partial charge < -0.3 is 10.4 Å². The van der Waals surface area contributed by atoms with Crippen molar-refractivity contribution in [1.29, 1.82) is 0 Å². The number of phenolic OH excluding ortho intramolecular Hbond substituents is 1. The van der Waals surface area contributed by atoms with Crippen LogP contribution in [0, 0.1) is 5.82 Å². The van der Waals surface area contributed by atoms with Crippen LogP contribution >= 0.6 is 0 Å². The van der Waals surface area contributed by atoms with Gasteiger partial charge in [-0.3, -0.25) is 4.79 Å². The third-order valence-electron chi connectivity index (χ3n) is 3.53. The molecule has 2 unspecified atom stereocenters. The first-order valence-corrected chi connectivity index (χ1v) is 6.49. The zero-order chi connectivity index (χ0) is 14.1. The Morgan fingerprint density at radius 1 is 1.20 bits per heavy atom. The highest BCUT2D eigenvalue weighted by molar-refractivity contribution is 5.95. The molecule has 3 rings (SSSR count). The van der Waals surface area contributed by atoms with Crippen molar-refractivity contribution in [2.24, 2.45) is 0 Å². The van der Waals surface area contributed by atoms with Gasteiger partial charge in [-0.1, -0.05) is 30.3 Å². The van der Waals surface area contributed by atoms with Crippen molar-refractivity contribution in [2.45, 2.75) is 18.4 Å². The second-order valence-electron chi connectivity index (χ2n) is 5.00. The molecule has 1 fully saturated rings. The summed E-state index contributed by atoms with van der Waals surface area (Å²) in [6, 6.07) is 13.5. The fraction of sp³-hybridized carbons (Fsp3) is 0.188. The third-order valence-corrected chi connectivity index (χ3v) is 3.53. The molecule has 0 heterocycles. The number of phenols is 1. The van der Waals surface area contributed by atoms with Crippen LogP contribution < -0.4 is 5.32 Å². The van der Waals surface area contributed by atoms with Crippen molar-refractivity contribution in [1.82, 2.24) is 5.32 Å². The normalized spacial score (nSPS) is 20.4. The summed E-state index contributed by atoms with van der Waals surface area (Å²) in [5, 5.41) is 12.0. The van der Waals surface area contributed by atoms with E-state index in [1.54, 1.807) is 0 Å². The molecule has 0 aromatic heterocycles. The Balaban J connectivity index is 1.66. The minimum atomic E-state index is -0.709. The number of carbonyl (C=O) groups excluding carboxylic acids is 1. The van der Waals surface area contributed by atoms with Gasteiger partial charge in [0, 0.05) is 18.0 Å². The van der Waals surface area contributed by atoms with Gasteiger partial charge in [-0.05, 0) is 24.1 Å². The molecule has 20 heavy (non-hydrogen) atoms. The van der Waals surface area contributed by atoms with Crippen LogP contribution in [0.5, 0.6) is 5.75 Å². The molecular weight excluding hydrogens is 257 g/mol. The fourth-order valence-corrected chi connectivity index (χ4v) is 2.36. The molecule has 2 aromatic rings. The van der Waals surface area contributed by atoms with Crippen molar-refractivity contribution in [3.63, 3.8) is 0 Å². The standard InChI is InChI=1S/C16H14FNO2/c17-14-8-11(19)6-7-12(14)16(20)18-15-9-13(15)10-4-2-1-3-5-10/h1-8,13,15,19H,9H2,(H,18,20). The van der Waals surface area contributed by atoms with E-state index in [0.717, 1.165) is 12.5 Å².